The van der Waals surface area contributed by atoms with Crippen LogP contribution in [0.25, 0.3) is 0 Å². The van der Waals surface area contributed by atoms with E-state index >= 15 is 0 Å². The van der Waals surface area contributed by atoms with Gasteiger partial charge in [0, 0.05) is 13.2 Å². The van der Waals surface area contributed by atoms with Crippen LogP contribution in [0.15, 0.2) is 0 Å². The molecule has 0 heterocycles. The van der Waals surface area contributed by atoms with Crippen LogP contribution in [-0.2, 0) is 29.0 Å². The van der Waals surface area contributed by atoms with E-state index in [9.17, 15) is 0 Å². The number of hydrogen-bond donors (Lipinski definition) is 0. The molecule has 0 aromatic rings. The van der Waals surface area contributed by atoms with E-state index in [4.69, 9.17) is 9.47 Å². The van der Waals surface area contributed by atoms with Gasteiger partial charge in [0.15, 0.2) is 0 Å². The van der Waals surface area contributed by atoms with Crippen LogP contribution in [0.3, 0.4) is 0 Å². The van der Waals surface area contributed by atoms with Gasteiger partial charge in [-0.25, -0.2) is 0 Å². The van der Waals surface area contributed by atoms with Crippen molar-refractivity contribution in [1.82, 2.24) is 0 Å². The summed E-state index contributed by atoms with van der Waals surface area (Å²) in [5.74, 6) is 0. The van der Waals surface area contributed by atoms with E-state index in [1.165, 1.54) is 0 Å². The largest absolute Gasteiger partial charge is 2.00 e. The number of hydrogen-bond acceptors (Lipinski definition) is 2. The van der Waals surface area contributed by atoms with Crippen LogP contribution in [-0.4, -0.2) is 19.5 Å². The van der Waals surface area contributed by atoms with Gasteiger partial charge in [-0.05, 0) is 13.8 Å². The molecule has 0 aromatic heterocycles. The Hall–Kier alpha value is 1.02. The summed E-state index contributed by atoms with van der Waals surface area (Å²) in [6, 6.07) is 0. The summed E-state index contributed by atoms with van der Waals surface area (Å²) >= 11 is 0. The molecule has 0 fully saturated rings. The Morgan fingerprint density at radius 3 is 1.73 bits per heavy atom. The molecule has 0 saturated carbocycles. The van der Waals surface area contributed by atoms with Crippen LogP contribution in [0.2, 0.25) is 0 Å². The summed E-state index contributed by atoms with van der Waals surface area (Å²) in [5, 5.41) is 0. The van der Waals surface area contributed by atoms with Crippen molar-refractivity contribution in [3.05, 3.63) is 6.92 Å². The molecular weight excluding hydrogens is 261 g/mol. The van der Waals surface area contributed by atoms with Gasteiger partial charge >= 0.3 is 19.5 Å². The molecule has 64 valence electrons. The molecular formula is C7H15BrO2Zn. The molecule has 11 heavy (non-hydrogen) atoms. The second-order valence-corrected chi connectivity index (χ2v) is 1.63. The molecule has 0 unspecified atom stereocenters. The van der Waals surface area contributed by atoms with Gasteiger partial charge in [0.25, 0.3) is 0 Å². The first-order valence-corrected chi connectivity index (χ1v) is 3.37. The van der Waals surface area contributed by atoms with Gasteiger partial charge in [-0.1, -0.05) is 0 Å². The second-order valence-electron chi connectivity index (χ2n) is 1.63. The van der Waals surface area contributed by atoms with Gasteiger partial charge in [-0.3, -0.25) is 0 Å². The molecule has 0 amide bonds. The van der Waals surface area contributed by atoms with E-state index in [-0.39, 0.29) is 42.7 Å². The van der Waals surface area contributed by atoms with Gasteiger partial charge in [-0.15, -0.1) is 6.42 Å². The van der Waals surface area contributed by atoms with Crippen LogP contribution in [0.1, 0.15) is 20.3 Å². The fourth-order valence-corrected chi connectivity index (χ4v) is 0.587. The SMILES string of the molecule is [Br-].[CH2-]CC(OCC)OCC.[Zn+2]. The third-order valence-electron chi connectivity index (χ3n) is 0.941. The third-order valence-corrected chi connectivity index (χ3v) is 0.941. The molecule has 0 bridgehead atoms. The molecule has 0 atom stereocenters. The van der Waals surface area contributed by atoms with E-state index in [1.54, 1.807) is 0 Å². The van der Waals surface area contributed by atoms with E-state index in [0.29, 0.717) is 19.6 Å². The van der Waals surface area contributed by atoms with Gasteiger partial charge in [0.05, 0.1) is 0 Å². The maximum Gasteiger partial charge on any atom is 2.00 e. The Kier molecular flexibility index (Phi) is 22.2. The van der Waals surface area contributed by atoms with E-state index in [2.05, 4.69) is 6.92 Å². The Labute approximate surface area is 92.6 Å². The van der Waals surface area contributed by atoms with Crippen molar-refractivity contribution in [2.75, 3.05) is 13.2 Å². The summed E-state index contributed by atoms with van der Waals surface area (Å²) < 4.78 is 10.3. The quantitative estimate of drug-likeness (QED) is 0.350. The number of halogens is 1. The minimum atomic E-state index is -0.0972. The van der Waals surface area contributed by atoms with E-state index < -0.39 is 0 Å². The molecule has 0 rings (SSSR count). The summed E-state index contributed by atoms with van der Waals surface area (Å²) in [6.45, 7) is 8.95. The van der Waals surface area contributed by atoms with Crippen molar-refractivity contribution >= 4 is 0 Å². The van der Waals surface area contributed by atoms with Crippen LogP contribution >= 0.6 is 0 Å². The topological polar surface area (TPSA) is 18.5 Å². The average molecular weight is 276 g/mol. The van der Waals surface area contributed by atoms with Crippen molar-refractivity contribution in [2.24, 2.45) is 0 Å². The van der Waals surface area contributed by atoms with Gasteiger partial charge in [0.1, 0.15) is 6.29 Å². The van der Waals surface area contributed by atoms with Crippen molar-refractivity contribution in [1.29, 1.82) is 0 Å². The van der Waals surface area contributed by atoms with Crippen molar-refractivity contribution in [3.8, 4) is 0 Å². The molecule has 0 saturated heterocycles. The first-order chi connectivity index (χ1) is 4.35. The zero-order chi connectivity index (χ0) is 7.11. The maximum absolute atomic E-state index is 5.15. The summed E-state index contributed by atoms with van der Waals surface area (Å²) in [4.78, 5) is 0. The monoisotopic (exact) mass is 274 g/mol. The van der Waals surface area contributed by atoms with Crippen molar-refractivity contribution in [3.63, 3.8) is 0 Å². The molecule has 0 aliphatic heterocycles. The van der Waals surface area contributed by atoms with Crippen molar-refractivity contribution < 1.29 is 45.9 Å². The average Bonchev–Trinajstić information content (AvgIpc) is 1.88. The van der Waals surface area contributed by atoms with Crippen LogP contribution < -0.4 is 17.0 Å². The summed E-state index contributed by atoms with van der Waals surface area (Å²) in [5.41, 5.74) is 0. The Balaban J connectivity index is -0.000000320. The predicted octanol–water partition coefficient (Wildman–Crippen LogP) is -1.39. The van der Waals surface area contributed by atoms with Crippen LogP contribution in [0.4, 0.5) is 0 Å². The third kappa shape index (κ3) is 11.0. The number of ether oxygens (including phenoxy) is 2. The Bertz CT molecular complexity index is 58.4. The summed E-state index contributed by atoms with van der Waals surface area (Å²) in [6.07, 6.45) is 0.585. The van der Waals surface area contributed by atoms with Gasteiger partial charge < -0.3 is 33.4 Å². The molecule has 0 N–H and O–H groups in total. The molecule has 0 spiro atoms. The summed E-state index contributed by atoms with van der Waals surface area (Å²) in [7, 11) is 0. The zero-order valence-corrected chi connectivity index (χ0v) is 11.9. The molecule has 0 aliphatic carbocycles. The zero-order valence-electron chi connectivity index (χ0n) is 7.31. The van der Waals surface area contributed by atoms with Gasteiger partial charge in [-0.2, -0.15) is 0 Å². The van der Waals surface area contributed by atoms with E-state index in [0.717, 1.165) is 0 Å². The fraction of sp³-hybridized carbons (Fsp3) is 0.857. The maximum atomic E-state index is 5.15. The molecule has 2 nitrogen and oxygen atoms in total. The molecule has 0 aromatic carbocycles. The molecule has 0 radical (unpaired) electrons. The minimum Gasteiger partial charge on any atom is -1.00 e. The van der Waals surface area contributed by atoms with Crippen molar-refractivity contribution in [2.45, 2.75) is 26.6 Å². The molecule has 0 aliphatic rings. The predicted molar refractivity (Wildman–Crippen MR) is 37.0 cm³/mol. The fourth-order valence-electron chi connectivity index (χ4n) is 0.587. The Morgan fingerprint density at radius 1 is 1.18 bits per heavy atom. The van der Waals surface area contributed by atoms with E-state index in [1.807, 2.05) is 13.8 Å². The normalized spacial score (nSPS) is 8.73. The van der Waals surface area contributed by atoms with Crippen LogP contribution in [0, 0.1) is 6.92 Å². The Morgan fingerprint density at radius 2 is 1.55 bits per heavy atom. The minimum absolute atomic E-state index is 0. The first-order valence-electron chi connectivity index (χ1n) is 3.37. The first kappa shape index (κ1) is 17.9. The molecule has 4 heteroatoms. The van der Waals surface area contributed by atoms with Crippen LogP contribution in [0.5, 0.6) is 0 Å². The van der Waals surface area contributed by atoms with Gasteiger partial charge in [0.2, 0.25) is 0 Å². The second kappa shape index (κ2) is 13.6. The number of rotatable bonds is 5. The smallest absolute Gasteiger partial charge is 1.00 e. The standard InChI is InChI=1S/C7H15O2.BrH.Zn/c1-4-7(8-5-2)9-6-3;;/h7H,1,4-6H2,2-3H3;1H;/q-1;;+2/p-1.